The van der Waals surface area contributed by atoms with Gasteiger partial charge in [0, 0.05) is 19.0 Å². The number of amides is 1. The van der Waals surface area contributed by atoms with Crippen molar-refractivity contribution in [2.75, 3.05) is 7.11 Å². The number of aliphatic hydroxyl groups excluding tert-OH is 2. The zero-order valence-electron chi connectivity index (χ0n) is 23.9. The van der Waals surface area contributed by atoms with E-state index in [2.05, 4.69) is 20.8 Å². The van der Waals surface area contributed by atoms with Crippen LogP contribution in [-0.4, -0.2) is 67.7 Å². The highest BCUT2D eigenvalue weighted by molar-refractivity contribution is 6.00. The Morgan fingerprint density at radius 2 is 1.57 bits per heavy atom. The maximum atomic E-state index is 13.8. The summed E-state index contributed by atoms with van der Waals surface area (Å²) < 4.78 is 33.7. The normalized spacial score (nSPS) is 13.5. The molecule has 0 aliphatic heterocycles. The number of tetrazole rings is 1. The van der Waals surface area contributed by atoms with Crippen molar-refractivity contribution < 1.29 is 33.3 Å². The number of hydrogen-bond acceptors (Lipinski definition) is 8. The number of rotatable bonds is 13. The van der Waals surface area contributed by atoms with E-state index in [4.69, 9.17) is 4.74 Å². The number of carbonyl (C=O) groups excluding carboxylic acids is 2. The molecule has 1 amide bonds. The molecule has 3 N–H and O–H groups in total. The van der Waals surface area contributed by atoms with Crippen LogP contribution >= 0.6 is 0 Å². The Bertz CT molecular complexity index is 1360. The van der Waals surface area contributed by atoms with Crippen molar-refractivity contribution in [3.05, 3.63) is 89.3 Å². The average molecular weight is 584 g/mol. The highest BCUT2D eigenvalue weighted by Crippen LogP contribution is 2.33. The number of esters is 1. The van der Waals surface area contributed by atoms with Crippen LogP contribution in [0.25, 0.3) is 11.1 Å². The first-order valence-corrected chi connectivity index (χ1v) is 13.4. The van der Waals surface area contributed by atoms with Gasteiger partial charge >= 0.3 is 5.97 Å². The molecule has 0 unspecified atom stereocenters. The third-order valence-electron chi connectivity index (χ3n) is 6.34. The van der Waals surface area contributed by atoms with Crippen LogP contribution in [0.2, 0.25) is 0 Å². The van der Waals surface area contributed by atoms with Crippen molar-refractivity contribution in [2.24, 2.45) is 13.0 Å². The van der Waals surface area contributed by atoms with E-state index in [0.717, 1.165) is 0 Å². The molecule has 3 rings (SSSR count). The predicted molar refractivity (Wildman–Crippen MR) is 151 cm³/mol. The zero-order valence-corrected chi connectivity index (χ0v) is 23.9. The molecule has 0 saturated carbocycles. The Morgan fingerprint density at radius 3 is 2.05 bits per heavy atom. The van der Waals surface area contributed by atoms with Gasteiger partial charge in [0.05, 0.1) is 25.7 Å². The second kappa shape index (κ2) is 15.1. The molecule has 0 spiro atoms. The molecule has 3 aromatic rings. The van der Waals surface area contributed by atoms with Gasteiger partial charge in [0.25, 0.3) is 0 Å². The number of nitrogens with one attached hydrogen (secondary N) is 1. The van der Waals surface area contributed by atoms with E-state index in [-0.39, 0.29) is 18.8 Å². The first-order valence-electron chi connectivity index (χ1n) is 13.4. The van der Waals surface area contributed by atoms with E-state index in [1.165, 1.54) is 42.1 Å². The Morgan fingerprint density at radius 1 is 1.00 bits per heavy atom. The topological polar surface area (TPSA) is 139 Å². The van der Waals surface area contributed by atoms with Crippen molar-refractivity contribution in [1.29, 1.82) is 0 Å². The van der Waals surface area contributed by atoms with Crippen LogP contribution < -0.4 is 5.32 Å². The Kier molecular flexibility index (Phi) is 11.6. The summed E-state index contributed by atoms with van der Waals surface area (Å²) in [6, 6.07) is 10.6. The highest BCUT2D eigenvalue weighted by Gasteiger charge is 2.24. The molecule has 12 heteroatoms. The molecule has 0 fully saturated rings. The van der Waals surface area contributed by atoms with E-state index < -0.39 is 41.8 Å². The fraction of sp³-hybridized carbons (Fsp3) is 0.367. The van der Waals surface area contributed by atoms with Gasteiger partial charge < -0.3 is 20.3 Å². The molecular formula is C30H35F2N5O5. The summed E-state index contributed by atoms with van der Waals surface area (Å²) in [7, 11) is 2.85. The van der Waals surface area contributed by atoms with Gasteiger partial charge in [-0.05, 0) is 63.7 Å². The Balaban J connectivity index is 1.88. The molecule has 0 bridgehead atoms. The number of hydrogen-bond donors (Lipinski definition) is 3. The number of aliphatic hydroxyl groups is 2. The summed E-state index contributed by atoms with van der Waals surface area (Å²) >= 11 is 0. The van der Waals surface area contributed by atoms with Crippen LogP contribution in [0.5, 0.6) is 0 Å². The lowest BCUT2D eigenvalue weighted by Crippen LogP contribution is -2.43. The summed E-state index contributed by atoms with van der Waals surface area (Å²) in [4.78, 5) is 24.5. The molecule has 1 heterocycles. The van der Waals surface area contributed by atoms with Crippen molar-refractivity contribution in [3.8, 4) is 0 Å². The van der Waals surface area contributed by atoms with Crippen molar-refractivity contribution >= 4 is 23.0 Å². The van der Waals surface area contributed by atoms with Crippen LogP contribution in [0.1, 0.15) is 50.1 Å². The summed E-state index contributed by atoms with van der Waals surface area (Å²) in [5, 5.41) is 35.5. The van der Waals surface area contributed by atoms with Gasteiger partial charge in [-0.1, -0.05) is 50.3 Å². The highest BCUT2D eigenvalue weighted by atomic mass is 19.1. The van der Waals surface area contributed by atoms with E-state index in [1.807, 2.05) is 13.8 Å². The SMILES string of the molecule is COC(=O)[C@H](CC(C)C)NC(=O)C[C@H](O)C[C@H](O)C=CC(=C(c1ccc(F)cc1)c1ccc(F)cc1)c1nnnn1C. The van der Waals surface area contributed by atoms with Crippen LogP contribution in [0.15, 0.2) is 60.7 Å². The van der Waals surface area contributed by atoms with Crippen LogP contribution in [-0.2, 0) is 21.4 Å². The van der Waals surface area contributed by atoms with E-state index in [9.17, 15) is 28.6 Å². The van der Waals surface area contributed by atoms with Crippen molar-refractivity contribution in [1.82, 2.24) is 25.5 Å². The largest absolute Gasteiger partial charge is 0.467 e. The van der Waals surface area contributed by atoms with E-state index in [0.29, 0.717) is 34.5 Å². The molecule has 1 aromatic heterocycles. The zero-order chi connectivity index (χ0) is 30.8. The lowest BCUT2D eigenvalue weighted by atomic mass is 9.91. The molecular weight excluding hydrogens is 548 g/mol. The molecule has 0 aliphatic rings. The van der Waals surface area contributed by atoms with E-state index in [1.54, 1.807) is 37.4 Å². The van der Waals surface area contributed by atoms with Crippen molar-refractivity contribution in [2.45, 2.75) is 51.4 Å². The quantitative estimate of drug-likeness (QED) is 0.206. The third kappa shape index (κ3) is 9.11. The van der Waals surface area contributed by atoms with Crippen LogP contribution in [0.3, 0.4) is 0 Å². The second-order valence-electron chi connectivity index (χ2n) is 10.2. The molecule has 10 nitrogen and oxygen atoms in total. The molecule has 3 atom stereocenters. The number of allylic oxidation sites excluding steroid dienone is 2. The van der Waals surface area contributed by atoms with Gasteiger partial charge in [-0.25, -0.2) is 18.3 Å². The van der Waals surface area contributed by atoms with Gasteiger partial charge in [0.2, 0.25) is 5.91 Å². The standard InChI is InChI=1S/C30H35F2N5O5/c1-18(2)15-26(30(41)42-4)33-27(40)17-24(39)16-23(38)13-14-25(29-34-35-36-37(29)3)28(19-5-9-21(31)10-6-19)20-7-11-22(32)12-8-20/h5-14,18,23-24,26,38-39H,15-17H2,1-4H3,(H,33,40)/t23-,24-,26+/m1/s1. The maximum absolute atomic E-state index is 13.8. The van der Waals surface area contributed by atoms with Crippen LogP contribution in [0, 0.1) is 17.6 Å². The molecule has 2 aromatic carbocycles. The Labute approximate surface area is 242 Å². The number of benzene rings is 2. The molecule has 0 aliphatic carbocycles. The number of carbonyl (C=O) groups is 2. The van der Waals surface area contributed by atoms with Gasteiger partial charge in [-0.3, -0.25) is 4.79 Å². The summed E-state index contributed by atoms with van der Waals surface area (Å²) in [6.45, 7) is 3.80. The van der Waals surface area contributed by atoms with Gasteiger partial charge in [0.1, 0.15) is 17.7 Å². The fourth-order valence-electron chi connectivity index (χ4n) is 4.38. The van der Waals surface area contributed by atoms with E-state index >= 15 is 0 Å². The monoisotopic (exact) mass is 583 g/mol. The summed E-state index contributed by atoms with van der Waals surface area (Å²) in [5.41, 5.74) is 2.13. The number of methoxy groups -OCH3 is 1. The smallest absolute Gasteiger partial charge is 0.328 e. The first-order chi connectivity index (χ1) is 20.0. The molecule has 224 valence electrons. The second-order valence-corrected chi connectivity index (χ2v) is 10.2. The minimum absolute atomic E-state index is 0.118. The third-order valence-corrected chi connectivity index (χ3v) is 6.34. The minimum atomic E-state index is -1.22. The number of nitrogens with zero attached hydrogens (tertiary/aromatic N) is 4. The average Bonchev–Trinajstić information content (AvgIpc) is 3.36. The fourth-order valence-corrected chi connectivity index (χ4v) is 4.38. The molecule has 42 heavy (non-hydrogen) atoms. The Hall–Kier alpha value is -4.29. The summed E-state index contributed by atoms with van der Waals surface area (Å²) in [6.07, 6.45) is 0.386. The lowest BCUT2D eigenvalue weighted by molar-refractivity contribution is -0.145. The van der Waals surface area contributed by atoms with Gasteiger partial charge in [-0.15, -0.1) is 5.10 Å². The number of ether oxygens (including phenoxy) is 1. The van der Waals surface area contributed by atoms with Gasteiger partial charge in [0.15, 0.2) is 5.82 Å². The first kappa shape index (κ1) is 32.2. The van der Waals surface area contributed by atoms with Gasteiger partial charge in [-0.2, -0.15) is 0 Å². The number of aryl methyl sites for hydroxylation is 1. The maximum Gasteiger partial charge on any atom is 0.328 e. The van der Waals surface area contributed by atoms with Crippen LogP contribution in [0.4, 0.5) is 8.78 Å². The summed E-state index contributed by atoms with van der Waals surface area (Å²) in [5.74, 6) is -1.59. The number of halogens is 2. The molecule has 0 saturated heterocycles. The minimum Gasteiger partial charge on any atom is -0.467 e. The van der Waals surface area contributed by atoms with Crippen molar-refractivity contribution in [3.63, 3.8) is 0 Å². The number of aromatic nitrogens is 4. The predicted octanol–water partition coefficient (Wildman–Crippen LogP) is 3.21. The molecule has 0 radical (unpaired) electrons. The lowest BCUT2D eigenvalue weighted by Gasteiger charge is -2.20.